The maximum atomic E-state index is 5.49. The van der Waals surface area contributed by atoms with Crippen LogP contribution in [0.2, 0.25) is 0 Å². The predicted molar refractivity (Wildman–Crippen MR) is 98.5 cm³/mol. The van der Waals surface area contributed by atoms with Crippen LogP contribution < -0.4 is 0 Å². The Morgan fingerprint density at radius 2 is 2.08 bits per heavy atom. The van der Waals surface area contributed by atoms with Crippen molar-refractivity contribution in [2.45, 2.75) is 56.5 Å². The molecule has 1 fully saturated rings. The maximum absolute atomic E-state index is 5.49. The van der Waals surface area contributed by atoms with Gasteiger partial charge in [-0.2, -0.15) is 0 Å². The monoisotopic (exact) mass is 370 g/mol. The van der Waals surface area contributed by atoms with Gasteiger partial charge in [0.15, 0.2) is 11.0 Å². The van der Waals surface area contributed by atoms with Crippen LogP contribution in [-0.4, -0.2) is 29.9 Å². The fourth-order valence-corrected chi connectivity index (χ4v) is 4.40. The zero-order valence-corrected chi connectivity index (χ0v) is 15.8. The Balaban J connectivity index is 1.67. The first-order valence-electron chi connectivity index (χ1n) is 8.99. The average Bonchev–Trinajstić information content (AvgIpc) is 3.27. The summed E-state index contributed by atoms with van der Waals surface area (Å²) in [5, 5.41) is 17.9. The lowest BCUT2D eigenvalue weighted by Crippen LogP contribution is -2.22. The molecular weight excluding hydrogens is 348 g/mol. The highest BCUT2D eigenvalue weighted by Gasteiger charge is 2.28. The van der Waals surface area contributed by atoms with Crippen molar-refractivity contribution in [1.82, 2.24) is 29.9 Å². The topological polar surface area (TPSA) is 82.5 Å². The highest BCUT2D eigenvalue weighted by molar-refractivity contribution is 7.98. The van der Waals surface area contributed by atoms with Gasteiger partial charge in [0.05, 0.1) is 5.75 Å². The van der Waals surface area contributed by atoms with E-state index in [9.17, 15) is 0 Å². The first-order chi connectivity index (χ1) is 12.7. The summed E-state index contributed by atoms with van der Waals surface area (Å²) >= 11 is 1.60. The number of pyridine rings is 1. The SMILES string of the molecule is Cc1nnc(CSc2nnc(-c3cccnc3)n2[C@@H]2CCCC[C@H]2C)o1. The van der Waals surface area contributed by atoms with E-state index in [4.69, 9.17) is 4.42 Å². The molecule has 0 N–H and O–H groups in total. The van der Waals surface area contributed by atoms with Gasteiger partial charge in [0.25, 0.3) is 0 Å². The number of nitrogens with zero attached hydrogens (tertiary/aromatic N) is 6. The molecule has 7 nitrogen and oxygen atoms in total. The Hall–Kier alpha value is -2.22. The van der Waals surface area contributed by atoms with Crippen molar-refractivity contribution >= 4 is 11.8 Å². The zero-order valence-electron chi connectivity index (χ0n) is 15.0. The van der Waals surface area contributed by atoms with Crippen LogP contribution in [0, 0.1) is 12.8 Å². The average molecular weight is 370 g/mol. The lowest BCUT2D eigenvalue weighted by Gasteiger charge is -2.31. The minimum Gasteiger partial charge on any atom is -0.425 e. The van der Waals surface area contributed by atoms with E-state index < -0.39 is 0 Å². The van der Waals surface area contributed by atoms with Crippen LogP contribution in [0.5, 0.6) is 0 Å². The van der Waals surface area contributed by atoms with Gasteiger partial charge in [-0.3, -0.25) is 9.55 Å². The second kappa shape index (κ2) is 7.57. The Morgan fingerprint density at radius 1 is 1.19 bits per heavy atom. The molecule has 0 bridgehead atoms. The first kappa shape index (κ1) is 17.2. The van der Waals surface area contributed by atoms with E-state index >= 15 is 0 Å². The smallest absolute Gasteiger partial charge is 0.226 e. The lowest BCUT2D eigenvalue weighted by atomic mass is 9.85. The molecule has 1 aliphatic rings. The third-order valence-electron chi connectivity index (χ3n) is 4.87. The number of hydrogen-bond acceptors (Lipinski definition) is 7. The Morgan fingerprint density at radius 3 is 2.81 bits per heavy atom. The molecule has 1 saturated carbocycles. The van der Waals surface area contributed by atoms with Crippen molar-refractivity contribution in [2.24, 2.45) is 5.92 Å². The van der Waals surface area contributed by atoms with Crippen LogP contribution in [-0.2, 0) is 5.75 Å². The van der Waals surface area contributed by atoms with Gasteiger partial charge >= 0.3 is 0 Å². The molecule has 4 rings (SSSR count). The summed E-state index contributed by atoms with van der Waals surface area (Å²) in [5.74, 6) is 3.27. The molecule has 26 heavy (non-hydrogen) atoms. The minimum absolute atomic E-state index is 0.404. The Kier molecular flexibility index (Phi) is 5.01. The van der Waals surface area contributed by atoms with Crippen molar-refractivity contribution in [3.05, 3.63) is 36.3 Å². The zero-order chi connectivity index (χ0) is 17.9. The first-order valence-corrected chi connectivity index (χ1v) is 9.98. The number of aryl methyl sites for hydroxylation is 1. The predicted octanol–water partition coefficient (Wildman–Crippen LogP) is 4.08. The fraction of sp³-hybridized carbons (Fsp3) is 0.500. The molecule has 1 aliphatic carbocycles. The van der Waals surface area contributed by atoms with E-state index in [1.807, 2.05) is 18.3 Å². The summed E-state index contributed by atoms with van der Waals surface area (Å²) in [4.78, 5) is 4.25. The highest BCUT2D eigenvalue weighted by atomic mass is 32.2. The number of hydrogen-bond donors (Lipinski definition) is 0. The van der Waals surface area contributed by atoms with Gasteiger partial charge < -0.3 is 4.42 Å². The summed E-state index contributed by atoms with van der Waals surface area (Å²) in [7, 11) is 0. The Bertz CT molecular complexity index is 862. The molecule has 0 amide bonds. The molecule has 3 heterocycles. The maximum Gasteiger partial charge on any atom is 0.226 e. The third kappa shape index (κ3) is 3.51. The van der Waals surface area contributed by atoms with Gasteiger partial charge in [0.1, 0.15) is 0 Å². The van der Waals surface area contributed by atoms with Gasteiger partial charge in [-0.25, -0.2) is 0 Å². The molecule has 2 atom stereocenters. The molecule has 8 heteroatoms. The number of rotatable bonds is 5. The van der Waals surface area contributed by atoms with E-state index in [0.717, 1.165) is 23.0 Å². The molecule has 3 aromatic rings. The molecule has 0 aliphatic heterocycles. The van der Waals surface area contributed by atoms with Crippen LogP contribution in [0.25, 0.3) is 11.4 Å². The normalized spacial score (nSPS) is 20.4. The summed E-state index contributed by atoms with van der Waals surface area (Å²) in [5.41, 5.74) is 0.998. The molecule has 3 aromatic heterocycles. The number of aromatic nitrogens is 6. The van der Waals surface area contributed by atoms with Gasteiger partial charge in [-0.05, 0) is 30.9 Å². The van der Waals surface area contributed by atoms with Crippen LogP contribution in [0.1, 0.15) is 50.4 Å². The van der Waals surface area contributed by atoms with Crippen molar-refractivity contribution < 1.29 is 4.42 Å². The largest absolute Gasteiger partial charge is 0.425 e. The summed E-state index contributed by atoms with van der Waals surface area (Å²) in [6.45, 7) is 4.13. The van der Waals surface area contributed by atoms with Gasteiger partial charge in [-0.1, -0.05) is 31.5 Å². The van der Waals surface area contributed by atoms with Gasteiger partial charge in [0.2, 0.25) is 11.8 Å². The van der Waals surface area contributed by atoms with Crippen molar-refractivity contribution in [2.75, 3.05) is 0 Å². The van der Waals surface area contributed by atoms with Crippen LogP contribution in [0.3, 0.4) is 0 Å². The van der Waals surface area contributed by atoms with Crippen molar-refractivity contribution in [3.63, 3.8) is 0 Å². The second-order valence-electron chi connectivity index (χ2n) is 6.75. The molecule has 0 saturated heterocycles. The van der Waals surface area contributed by atoms with Gasteiger partial charge in [-0.15, -0.1) is 20.4 Å². The molecule has 0 radical (unpaired) electrons. The summed E-state index contributed by atoms with van der Waals surface area (Å²) in [6.07, 6.45) is 8.56. The molecule has 136 valence electrons. The summed E-state index contributed by atoms with van der Waals surface area (Å²) < 4.78 is 7.79. The van der Waals surface area contributed by atoms with E-state index in [-0.39, 0.29) is 0 Å². The van der Waals surface area contributed by atoms with E-state index in [0.29, 0.717) is 29.5 Å². The van der Waals surface area contributed by atoms with Crippen LogP contribution in [0.15, 0.2) is 34.1 Å². The second-order valence-corrected chi connectivity index (χ2v) is 7.69. The van der Waals surface area contributed by atoms with E-state index in [1.165, 1.54) is 19.3 Å². The molecule has 0 aromatic carbocycles. The molecular formula is C18H22N6OS. The fourth-order valence-electron chi connectivity index (χ4n) is 3.57. The Labute approximate surface area is 156 Å². The standard InChI is InChI=1S/C18H22N6OS/c1-12-6-3-4-8-15(12)24-17(14-7-5-9-19-10-14)22-23-18(24)26-11-16-21-20-13(2)25-16/h5,7,9-10,12,15H,3-4,6,8,11H2,1-2H3/t12-,15-/m1/s1. The van der Waals surface area contributed by atoms with Crippen LogP contribution in [0.4, 0.5) is 0 Å². The lowest BCUT2D eigenvalue weighted by molar-refractivity contribution is 0.247. The van der Waals surface area contributed by atoms with Gasteiger partial charge in [0, 0.05) is 30.9 Å². The minimum atomic E-state index is 0.404. The summed E-state index contributed by atoms with van der Waals surface area (Å²) in [6, 6.07) is 4.38. The molecule has 0 unspecified atom stereocenters. The van der Waals surface area contributed by atoms with Crippen LogP contribution >= 0.6 is 11.8 Å². The quantitative estimate of drug-likeness (QED) is 0.626. The van der Waals surface area contributed by atoms with Crippen molar-refractivity contribution in [1.29, 1.82) is 0 Å². The van der Waals surface area contributed by atoms with Crippen molar-refractivity contribution in [3.8, 4) is 11.4 Å². The van der Waals surface area contributed by atoms with E-state index in [1.54, 1.807) is 24.9 Å². The number of thioether (sulfide) groups is 1. The van der Waals surface area contributed by atoms with E-state index in [2.05, 4.69) is 36.9 Å². The molecule has 0 spiro atoms. The highest BCUT2D eigenvalue weighted by Crippen LogP contribution is 2.39. The third-order valence-corrected chi connectivity index (χ3v) is 5.80.